The molecule has 0 spiro atoms. The second-order valence-electron chi connectivity index (χ2n) is 4.28. The molecule has 8 heteroatoms. The molecule has 8 nitrogen and oxygen atoms in total. The number of H-pyrrole nitrogens is 1. The maximum absolute atomic E-state index is 12.1. The SMILES string of the molecule is O=C(O)CN(C(=O)OCc1ccccc1)c1ccnc(=O)[nH]1. The minimum absolute atomic E-state index is 0.000427. The van der Waals surface area contributed by atoms with Crippen molar-refractivity contribution in [3.05, 3.63) is 58.6 Å². The van der Waals surface area contributed by atoms with Gasteiger partial charge in [-0.1, -0.05) is 30.3 Å². The quantitative estimate of drug-likeness (QED) is 0.852. The maximum atomic E-state index is 12.1. The number of benzene rings is 1. The van der Waals surface area contributed by atoms with Gasteiger partial charge in [0.05, 0.1) is 0 Å². The smallest absolute Gasteiger partial charge is 0.416 e. The standard InChI is InChI=1S/C14H13N3O5/c18-12(19)8-17(11-6-7-15-13(20)16-11)14(21)22-9-10-4-2-1-3-5-10/h1-7H,8-9H2,(H,18,19)(H,15,16,20). The zero-order valence-electron chi connectivity index (χ0n) is 11.4. The molecule has 0 saturated carbocycles. The highest BCUT2D eigenvalue weighted by Gasteiger charge is 2.21. The van der Waals surface area contributed by atoms with Crippen molar-refractivity contribution < 1.29 is 19.4 Å². The molecule has 2 rings (SSSR count). The monoisotopic (exact) mass is 303 g/mol. The molecule has 0 unspecified atom stereocenters. The molecule has 1 heterocycles. The predicted molar refractivity (Wildman–Crippen MR) is 76.5 cm³/mol. The van der Waals surface area contributed by atoms with Crippen LogP contribution in [-0.2, 0) is 16.1 Å². The second-order valence-corrected chi connectivity index (χ2v) is 4.28. The first-order valence-electron chi connectivity index (χ1n) is 6.31. The van der Waals surface area contributed by atoms with Crippen LogP contribution in [0.5, 0.6) is 0 Å². The number of carbonyl (C=O) groups excluding carboxylic acids is 1. The normalized spacial score (nSPS) is 10.0. The van der Waals surface area contributed by atoms with Crippen LogP contribution in [0.25, 0.3) is 0 Å². The van der Waals surface area contributed by atoms with Gasteiger partial charge in [0.2, 0.25) is 0 Å². The fourth-order valence-electron chi connectivity index (χ4n) is 1.70. The van der Waals surface area contributed by atoms with Crippen molar-refractivity contribution in [2.24, 2.45) is 0 Å². The highest BCUT2D eigenvalue weighted by atomic mass is 16.6. The van der Waals surface area contributed by atoms with Gasteiger partial charge >= 0.3 is 17.8 Å². The molecule has 0 fully saturated rings. The molecular weight excluding hydrogens is 290 g/mol. The van der Waals surface area contributed by atoms with E-state index in [-0.39, 0.29) is 12.4 Å². The van der Waals surface area contributed by atoms with Crippen molar-refractivity contribution in [3.63, 3.8) is 0 Å². The highest BCUT2D eigenvalue weighted by molar-refractivity contribution is 5.91. The zero-order chi connectivity index (χ0) is 15.9. The molecule has 0 aliphatic heterocycles. The summed E-state index contributed by atoms with van der Waals surface area (Å²) in [6, 6.07) is 10.3. The lowest BCUT2D eigenvalue weighted by atomic mass is 10.2. The van der Waals surface area contributed by atoms with Crippen molar-refractivity contribution >= 4 is 17.9 Å². The number of hydrogen-bond donors (Lipinski definition) is 2. The molecule has 1 aromatic heterocycles. The second kappa shape index (κ2) is 7.02. The summed E-state index contributed by atoms with van der Waals surface area (Å²) in [4.78, 5) is 40.7. The summed E-state index contributed by atoms with van der Waals surface area (Å²) in [6.07, 6.45) is 0.293. The van der Waals surface area contributed by atoms with E-state index in [1.165, 1.54) is 12.3 Å². The lowest BCUT2D eigenvalue weighted by Gasteiger charge is -2.19. The predicted octanol–water partition coefficient (Wildman–Crippen LogP) is 0.998. The van der Waals surface area contributed by atoms with Crippen LogP contribution in [0.15, 0.2) is 47.4 Å². The largest absolute Gasteiger partial charge is 0.480 e. The number of amides is 1. The number of aliphatic carboxylic acids is 1. The number of aromatic nitrogens is 2. The molecular formula is C14H13N3O5. The van der Waals surface area contributed by atoms with Crippen molar-refractivity contribution in [2.45, 2.75) is 6.61 Å². The number of aromatic amines is 1. The van der Waals surface area contributed by atoms with Crippen molar-refractivity contribution in [2.75, 3.05) is 11.4 Å². The van der Waals surface area contributed by atoms with Gasteiger partial charge in [-0.2, -0.15) is 0 Å². The number of carboxylic acid groups (broad SMARTS) is 1. The Morgan fingerprint density at radius 3 is 2.59 bits per heavy atom. The van der Waals surface area contributed by atoms with Crippen LogP contribution in [0.1, 0.15) is 5.56 Å². The number of carboxylic acids is 1. The van der Waals surface area contributed by atoms with Gasteiger partial charge in [-0.25, -0.2) is 14.6 Å². The van der Waals surface area contributed by atoms with Crippen molar-refractivity contribution in [1.29, 1.82) is 0 Å². The summed E-state index contributed by atoms with van der Waals surface area (Å²) in [7, 11) is 0. The van der Waals surface area contributed by atoms with Crippen molar-refractivity contribution in [3.8, 4) is 0 Å². The first-order chi connectivity index (χ1) is 10.6. The molecule has 2 N–H and O–H groups in total. The van der Waals surface area contributed by atoms with E-state index >= 15 is 0 Å². The summed E-state index contributed by atoms with van der Waals surface area (Å²) >= 11 is 0. The molecule has 114 valence electrons. The van der Waals surface area contributed by atoms with E-state index in [2.05, 4.69) is 9.97 Å². The Bertz CT molecular complexity index is 714. The first-order valence-corrected chi connectivity index (χ1v) is 6.31. The molecule has 1 amide bonds. The summed E-state index contributed by atoms with van der Waals surface area (Å²) < 4.78 is 5.07. The molecule has 1 aromatic carbocycles. The molecule has 0 aliphatic rings. The van der Waals surface area contributed by atoms with Gasteiger partial charge in [0.25, 0.3) is 0 Å². The number of anilines is 1. The lowest BCUT2D eigenvalue weighted by Crippen LogP contribution is -2.37. The zero-order valence-corrected chi connectivity index (χ0v) is 11.4. The van der Waals surface area contributed by atoms with Gasteiger partial charge in [-0.15, -0.1) is 0 Å². The number of rotatable bonds is 5. The van der Waals surface area contributed by atoms with E-state index in [0.717, 1.165) is 10.5 Å². The van der Waals surface area contributed by atoms with Gasteiger partial charge in [-0.05, 0) is 11.6 Å². The number of nitrogens with zero attached hydrogens (tertiary/aromatic N) is 2. The van der Waals surface area contributed by atoms with Crippen LogP contribution in [0.3, 0.4) is 0 Å². The van der Waals surface area contributed by atoms with Crippen LogP contribution in [0.4, 0.5) is 10.6 Å². The first kappa shape index (κ1) is 15.2. The molecule has 0 aliphatic carbocycles. The van der Waals surface area contributed by atoms with Gasteiger partial charge in [0.15, 0.2) is 0 Å². The van der Waals surface area contributed by atoms with Crippen LogP contribution < -0.4 is 10.6 Å². The Kier molecular flexibility index (Phi) is 4.86. The fraction of sp³-hybridized carbons (Fsp3) is 0.143. The molecule has 0 saturated heterocycles. The topological polar surface area (TPSA) is 113 Å². The van der Waals surface area contributed by atoms with Gasteiger partial charge in [-0.3, -0.25) is 14.7 Å². The van der Waals surface area contributed by atoms with Gasteiger partial charge in [0.1, 0.15) is 19.0 Å². The molecule has 0 bridgehead atoms. The number of hydrogen-bond acceptors (Lipinski definition) is 5. The molecule has 0 atom stereocenters. The van der Waals surface area contributed by atoms with Crippen LogP contribution in [-0.4, -0.2) is 33.7 Å². The molecule has 22 heavy (non-hydrogen) atoms. The average molecular weight is 303 g/mol. The molecule has 0 radical (unpaired) electrons. The minimum Gasteiger partial charge on any atom is -0.480 e. The third kappa shape index (κ3) is 4.17. The Morgan fingerprint density at radius 1 is 1.23 bits per heavy atom. The average Bonchev–Trinajstić information content (AvgIpc) is 2.51. The van der Waals surface area contributed by atoms with E-state index in [1.54, 1.807) is 24.3 Å². The van der Waals surface area contributed by atoms with Gasteiger partial charge in [0, 0.05) is 6.20 Å². The Morgan fingerprint density at radius 2 is 1.95 bits per heavy atom. The van der Waals surface area contributed by atoms with Crippen LogP contribution >= 0.6 is 0 Å². The van der Waals surface area contributed by atoms with Crippen molar-refractivity contribution in [1.82, 2.24) is 9.97 Å². The lowest BCUT2D eigenvalue weighted by molar-refractivity contribution is -0.135. The maximum Gasteiger partial charge on any atom is 0.416 e. The summed E-state index contributed by atoms with van der Waals surface area (Å²) in [6.45, 7) is -0.654. The number of nitrogens with one attached hydrogen (secondary N) is 1. The minimum atomic E-state index is -1.24. The summed E-state index contributed by atoms with van der Waals surface area (Å²) in [5.41, 5.74) is 0.0677. The summed E-state index contributed by atoms with van der Waals surface area (Å²) in [5, 5.41) is 8.89. The third-order valence-electron chi connectivity index (χ3n) is 2.67. The fourth-order valence-corrected chi connectivity index (χ4v) is 1.70. The van der Waals surface area contributed by atoms with E-state index in [0.29, 0.717) is 0 Å². The van der Waals surface area contributed by atoms with E-state index in [9.17, 15) is 14.4 Å². The molecule has 2 aromatic rings. The number of ether oxygens (including phenoxy) is 1. The number of carbonyl (C=O) groups is 2. The van der Waals surface area contributed by atoms with Crippen LogP contribution in [0.2, 0.25) is 0 Å². The Balaban J connectivity index is 2.13. The third-order valence-corrected chi connectivity index (χ3v) is 2.67. The summed E-state index contributed by atoms with van der Waals surface area (Å²) in [5.74, 6) is -1.24. The highest BCUT2D eigenvalue weighted by Crippen LogP contribution is 2.10. The Labute approximate surface area is 125 Å². The van der Waals surface area contributed by atoms with Crippen LogP contribution in [0, 0.1) is 0 Å². The van der Waals surface area contributed by atoms with E-state index in [1.807, 2.05) is 6.07 Å². The Hall–Kier alpha value is -3.16. The van der Waals surface area contributed by atoms with E-state index < -0.39 is 24.3 Å². The van der Waals surface area contributed by atoms with E-state index in [4.69, 9.17) is 9.84 Å². The van der Waals surface area contributed by atoms with Gasteiger partial charge < -0.3 is 9.84 Å².